The van der Waals surface area contributed by atoms with Crippen LogP contribution in [0.3, 0.4) is 0 Å². The quantitative estimate of drug-likeness (QED) is 0.758. The third kappa shape index (κ3) is 3.56. The molecule has 5 heteroatoms. The number of hydrogen-bond acceptors (Lipinski definition) is 4. The van der Waals surface area contributed by atoms with E-state index in [9.17, 15) is 5.11 Å². The molecule has 5 nitrogen and oxygen atoms in total. The van der Waals surface area contributed by atoms with E-state index in [2.05, 4.69) is 15.3 Å². The van der Waals surface area contributed by atoms with E-state index in [1.54, 1.807) is 18.3 Å². The summed E-state index contributed by atoms with van der Waals surface area (Å²) in [5, 5.41) is 12.9. The minimum Gasteiger partial charge on any atom is -0.506 e. The van der Waals surface area contributed by atoms with Crippen molar-refractivity contribution in [2.75, 3.05) is 6.54 Å². The van der Waals surface area contributed by atoms with Crippen LogP contribution in [0.1, 0.15) is 17.8 Å². The van der Waals surface area contributed by atoms with Gasteiger partial charge in [0.05, 0.1) is 12.0 Å². The van der Waals surface area contributed by atoms with E-state index >= 15 is 0 Å². The van der Waals surface area contributed by atoms with E-state index < -0.39 is 0 Å². The summed E-state index contributed by atoms with van der Waals surface area (Å²) in [7, 11) is 0. The fourth-order valence-electron chi connectivity index (χ4n) is 1.75. The third-order valence-corrected chi connectivity index (χ3v) is 2.71. The normalized spacial score (nSPS) is 10.7. The summed E-state index contributed by atoms with van der Waals surface area (Å²) in [5.74, 6) is 0.253. The van der Waals surface area contributed by atoms with Gasteiger partial charge in [-0.2, -0.15) is 0 Å². The summed E-state index contributed by atoms with van der Waals surface area (Å²) in [4.78, 5) is 8.28. The number of imidazole rings is 1. The lowest BCUT2D eigenvalue weighted by atomic mass is 10.3. The van der Waals surface area contributed by atoms with Crippen LogP contribution in [0.4, 0.5) is 0 Å². The van der Waals surface area contributed by atoms with Crippen LogP contribution in [0, 0.1) is 6.92 Å². The number of nitrogens with zero attached hydrogens (tertiary/aromatic N) is 3. The summed E-state index contributed by atoms with van der Waals surface area (Å²) in [6.45, 7) is 4.34. The van der Waals surface area contributed by atoms with Gasteiger partial charge in [0.25, 0.3) is 0 Å². The molecule has 0 aliphatic carbocycles. The largest absolute Gasteiger partial charge is 0.506 e. The van der Waals surface area contributed by atoms with Crippen molar-refractivity contribution in [3.05, 3.63) is 42.2 Å². The maximum atomic E-state index is 9.63. The molecule has 96 valence electrons. The molecule has 0 aliphatic rings. The van der Waals surface area contributed by atoms with Gasteiger partial charge in [-0.15, -0.1) is 0 Å². The zero-order chi connectivity index (χ0) is 12.8. The van der Waals surface area contributed by atoms with Crippen molar-refractivity contribution in [3.8, 4) is 5.75 Å². The number of aromatic nitrogens is 3. The van der Waals surface area contributed by atoms with Crippen molar-refractivity contribution in [1.29, 1.82) is 0 Å². The second-order valence-electron chi connectivity index (χ2n) is 4.25. The Balaban J connectivity index is 1.70. The molecule has 2 heterocycles. The standard InChI is InChI=1S/C13H18N4O/c1-11-3-4-13(18)12(16-11)9-14-5-2-7-17-8-6-15-10-17/h3-4,6,8,10,14,18H,2,5,7,9H2,1H3. The third-order valence-electron chi connectivity index (χ3n) is 2.71. The summed E-state index contributed by atoms with van der Waals surface area (Å²) in [6.07, 6.45) is 6.56. The molecule has 0 saturated heterocycles. The van der Waals surface area contributed by atoms with Crippen molar-refractivity contribution >= 4 is 0 Å². The molecule has 18 heavy (non-hydrogen) atoms. The van der Waals surface area contributed by atoms with Crippen LogP contribution in [-0.2, 0) is 13.1 Å². The molecule has 0 saturated carbocycles. The first-order valence-corrected chi connectivity index (χ1v) is 6.07. The van der Waals surface area contributed by atoms with Crippen molar-refractivity contribution in [3.63, 3.8) is 0 Å². The molecule has 2 N–H and O–H groups in total. The summed E-state index contributed by atoms with van der Waals surface area (Å²) in [6, 6.07) is 3.49. The summed E-state index contributed by atoms with van der Waals surface area (Å²) < 4.78 is 2.05. The molecule has 0 spiro atoms. The fraction of sp³-hybridized carbons (Fsp3) is 0.385. The van der Waals surface area contributed by atoms with E-state index in [1.165, 1.54) is 0 Å². The summed E-state index contributed by atoms with van der Waals surface area (Å²) in [5.41, 5.74) is 1.63. The van der Waals surface area contributed by atoms with Crippen LogP contribution in [0.25, 0.3) is 0 Å². The smallest absolute Gasteiger partial charge is 0.138 e. The molecule has 0 amide bonds. The van der Waals surface area contributed by atoms with Gasteiger partial charge in [-0.3, -0.25) is 4.98 Å². The highest BCUT2D eigenvalue weighted by Gasteiger charge is 2.02. The average molecular weight is 246 g/mol. The molecule has 0 unspecified atom stereocenters. The lowest BCUT2D eigenvalue weighted by Crippen LogP contribution is -2.17. The van der Waals surface area contributed by atoms with E-state index in [-0.39, 0.29) is 5.75 Å². The number of aromatic hydroxyl groups is 1. The Labute approximate surface area is 107 Å². The van der Waals surface area contributed by atoms with E-state index in [0.29, 0.717) is 12.2 Å². The minimum atomic E-state index is 0.253. The number of nitrogens with one attached hydrogen (secondary N) is 1. The van der Waals surface area contributed by atoms with Crippen molar-refractivity contribution in [2.45, 2.75) is 26.4 Å². The monoisotopic (exact) mass is 246 g/mol. The molecule has 2 rings (SSSR count). The summed E-state index contributed by atoms with van der Waals surface area (Å²) >= 11 is 0. The highest BCUT2D eigenvalue weighted by atomic mass is 16.3. The van der Waals surface area contributed by atoms with Gasteiger partial charge in [-0.1, -0.05) is 0 Å². The number of pyridine rings is 1. The zero-order valence-electron chi connectivity index (χ0n) is 10.5. The predicted molar refractivity (Wildman–Crippen MR) is 69.2 cm³/mol. The van der Waals surface area contributed by atoms with Gasteiger partial charge in [0, 0.05) is 31.2 Å². The van der Waals surface area contributed by atoms with Crippen LogP contribution in [0.5, 0.6) is 5.75 Å². The zero-order valence-corrected chi connectivity index (χ0v) is 10.5. The molecule has 0 aliphatic heterocycles. The van der Waals surface area contributed by atoms with Gasteiger partial charge in [0.15, 0.2) is 0 Å². The van der Waals surface area contributed by atoms with Crippen molar-refractivity contribution < 1.29 is 5.11 Å². The molecular formula is C13H18N4O. The number of aryl methyl sites for hydroxylation is 2. The lowest BCUT2D eigenvalue weighted by Gasteiger charge is -2.07. The lowest BCUT2D eigenvalue weighted by molar-refractivity contribution is 0.458. The molecule has 2 aromatic heterocycles. The molecular weight excluding hydrogens is 228 g/mol. The van der Waals surface area contributed by atoms with Gasteiger partial charge in [-0.25, -0.2) is 4.98 Å². The van der Waals surface area contributed by atoms with Gasteiger partial charge in [0.1, 0.15) is 5.75 Å². The van der Waals surface area contributed by atoms with Gasteiger partial charge in [0.2, 0.25) is 0 Å². The van der Waals surface area contributed by atoms with Crippen molar-refractivity contribution in [2.24, 2.45) is 0 Å². The second-order valence-corrected chi connectivity index (χ2v) is 4.25. The SMILES string of the molecule is Cc1ccc(O)c(CNCCCn2ccnc2)n1. The first-order chi connectivity index (χ1) is 8.75. The van der Waals surface area contributed by atoms with Gasteiger partial charge in [-0.05, 0) is 32.0 Å². The Hall–Kier alpha value is -1.88. The average Bonchev–Trinajstić information content (AvgIpc) is 2.86. The van der Waals surface area contributed by atoms with Gasteiger partial charge < -0.3 is 15.0 Å². The number of hydrogen-bond donors (Lipinski definition) is 2. The van der Waals surface area contributed by atoms with Crippen LogP contribution >= 0.6 is 0 Å². The Morgan fingerprint density at radius 3 is 3.06 bits per heavy atom. The molecule has 0 radical (unpaired) electrons. The minimum absolute atomic E-state index is 0.253. The maximum Gasteiger partial charge on any atom is 0.138 e. The van der Waals surface area contributed by atoms with E-state index in [1.807, 2.05) is 24.0 Å². The first-order valence-electron chi connectivity index (χ1n) is 6.07. The van der Waals surface area contributed by atoms with E-state index in [0.717, 1.165) is 25.2 Å². The van der Waals surface area contributed by atoms with Crippen LogP contribution in [0.15, 0.2) is 30.9 Å². The maximum absolute atomic E-state index is 9.63. The topological polar surface area (TPSA) is 63.0 Å². The first kappa shape index (κ1) is 12.6. The van der Waals surface area contributed by atoms with Crippen LogP contribution < -0.4 is 5.32 Å². The van der Waals surface area contributed by atoms with Gasteiger partial charge >= 0.3 is 0 Å². The fourth-order valence-corrected chi connectivity index (χ4v) is 1.75. The van der Waals surface area contributed by atoms with Crippen molar-refractivity contribution in [1.82, 2.24) is 19.9 Å². The molecule has 0 aromatic carbocycles. The van der Waals surface area contributed by atoms with E-state index in [4.69, 9.17) is 0 Å². The molecule has 0 bridgehead atoms. The predicted octanol–water partition coefficient (Wildman–Crippen LogP) is 1.47. The Morgan fingerprint density at radius 1 is 1.39 bits per heavy atom. The highest BCUT2D eigenvalue weighted by molar-refractivity contribution is 5.27. The Kier molecular flexibility index (Phi) is 4.30. The van der Waals surface area contributed by atoms with Crippen LogP contribution in [-0.4, -0.2) is 26.2 Å². The molecule has 0 fully saturated rings. The molecule has 2 aromatic rings. The van der Waals surface area contributed by atoms with Crippen LogP contribution in [0.2, 0.25) is 0 Å². The number of rotatable bonds is 6. The highest BCUT2D eigenvalue weighted by Crippen LogP contribution is 2.13. The second kappa shape index (κ2) is 6.16. The Bertz CT molecular complexity index is 482. The molecule has 0 atom stereocenters. The Morgan fingerprint density at radius 2 is 2.28 bits per heavy atom.